The molecule has 0 amide bonds. The Hall–Kier alpha value is 0.260. The lowest BCUT2D eigenvalue weighted by Crippen LogP contribution is -2.22. The third kappa shape index (κ3) is 4.14. The molecule has 0 spiro atoms. The molecule has 0 fully saturated rings. The lowest BCUT2D eigenvalue weighted by atomic mass is 10.7. The van der Waals surface area contributed by atoms with Gasteiger partial charge in [0.05, 0.1) is 0 Å². The van der Waals surface area contributed by atoms with E-state index in [4.69, 9.17) is 0 Å². The molecule has 0 radical (unpaired) electrons. The Morgan fingerprint density at radius 3 is 2.40 bits per heavy atom. The number of esters is 1. The lowest BCUT2D eigenvalue weighted by Gasteiger charge is -2.12. The Morgan fingerprint density at radius 2 is 2.10 bits per heavy atom. The first-order chi connectivity index (χ1) is 4.48. The Morgan fingerprint density at radius 1 is 1.60 bits per heavy atom. The van der Waals surface area contributed by atoms with Gasteiger partial charge in [0.15, 0.2) is 3.41 Å². The summed E-state index contributed by atoms with van der Waals surface area (Å²) in [5, 5.41) is 0. The van der Waals surface area contributed by atoms with Crippen LogP contribution in [0.15, 0.2) is 12.7 Å². The maximum Gasteiger partial charge on any atom is 0.342 e. The van der Waals surface area contributed by atoms with Gasteiger partial charge in [-0.25, -0.2) is 4.79 Å². The zero-order valence-corrected chi connectivity index (χ0v) is 7.83. The highest BCUT2D eigenvalue weighted by Gasteiger charge is 2.26. The highest BCUT2D eigenvalue weighted by atomic mass is 32.2. The number of ether oxygens (including phenoxy) is 1. The lowest BCUT2D eigenvalue weighted by molar-refractivity contribution is -0.140. The zero-order valence-electron chi connectivity index (χ0n) is 5.15. The molecular weight excluding hydrogens is 188 g/mol. The summed E-state index contributed by atoms with van der Waals surface area (Å²) in [5.41, 5.74) is 0. The van der Waals surface area contributed by atoms with E-state index in [1.165, 1.54) is 6.08 Å². The largest absolute Gasteiger partial charge is 0.459 e. The van der Waals surface area contributed by atoms with Gasteiger partial charge in [0, 0.05) is 0 Å². The van der Waals surface area contributed by atoms with Gasteiger partial charge < -0.3 is 4.74 Å². The smallest absolute Gasteiger partial charge is 0.342 e. The summed E-state index contributed by atoms with van der Waals surface area (Å²) in [6.07, 6.45) is 1.46. The molecule has 0 aliphatic heterocycles. The molecule has 10 heavy (non-hydrogen) atoms. The molecule has 0 aromatic heterocycles. The van der Waals surface area contributed by atoms with Crippen LogP contribution in [0.4, 0.5) is 0 Å². The van der Waals surface area contributed by atoms with E-state index in [1.807, 2.05) is 0 Å². The summed E-state index contributed by atoms with van der Waals surface area (Å²) < 4.78 is 3.25. The Balaban J connectivity index is 3.74. The van der Waals surface area contributed by atoms with Crippen LogP contribution in [0.1, 0.15) is 0 Å². The van der Waals surface area contributed by atoms with Crippen molar-refractivity contribution in [1.82, 2.24) is 0 Å². The number of carbonyl (C=O) groups excluding carboxylic acids is 1. The molecule has 0 atom stereocenters. The minimum Gasteiger partial charge on any atom is -0.459 e. The number of hydrogen-bond donors (Lipinski definition) is 3. The van der Waals surface area contributed by atoms with Gasteiger partial charge in [-0.05, 0) is 0 Å². The minimum atomic E-state index is -1.32. The van der Waals surface area contributed by atoms with Crippen LogP contribution in [-0.2, 0) is 9.53 Å². The van der Waals surface area contributed by atoms with Crippen LogP contribution in [0.2, 0.25) is 0 Å². The summed E-state index contributed by atoms with van der Waals surface area (Å²) in [5.74, 6) is -0.595. The summed E-state index contributed by atoms with van der Waals surface area (Å²) in [4.78, 5) is 10.7. The van der Waals surface area contributed by atoms with Crippen molar-refractivity contribution in [3.05, 3.63) is 12.7 Å². The highest BCUT2D eigenvalue weighted by molar-refractivity contribution is 8.18. The summed E-state index contributed by atoms with van der Waals surface area (Å²) in [7, 11) is 0. The average Bonchev–Trinajstić information content (AvgIpc) is 1.80. The van der Waals surface area contributed by atoms with Crippen LogP contribution in [0.25, 0.3) is 0 Å². The quantitative estimate of drug-likeness (QED) is 0.273. The molecule has 0 saturated heterocycles. The molecule has 0 N–H and O–H groups in total. The minimum absolute atomic E-state index is 0.155. The molecule has 0 aromatic carbocycles. The Kier molecular flexibility index (Phi) is 4.31. The van der Waals surface area contributed by atoms with E-state index in [2.05, 4.69) is 49.2 Å². The van der Waals surface area contributed by atoms with Gasteiger partial charge in [0.25, 0.3) is 0 Å². The zero-order chi connectivity index (χ0) is 8.20. The van der Waals surface area contributed by atoms with Crippen LogP contribution in [0.5, 0.6) is 0 Å². The number of hydrogen-bond acceptors (Lipinski definition) is 5. The Bertz CT molecular complexity index is 138. The normalized spacial score (nSPS) is 10.7. The molecule has 0 heterocycles. The molecule has 2 nitrogen and oxygen atoms in total. The van der Waals surface area contributed by atoms with Gasteiger partial charge in [0.1, 0.15) is 6.61 Å². The van der Waals surface area contributed by atoms with Crippen molar-refractivity contribution in [3.8, 4) is 0 Å². The standard InChI is InChI=1S/C5H8O2S3/c1-2-3-7-4(6)5(8,9)10/h2,8-10H,1,3H2. The van der Waals surface area contributed by atoms with Gasteiger partial charge in [-0.3, -0.25) is 0 Å². The SMILES string of the molecule is C=CCOC(=O)C(S)(S)S. The molecule has 0 bridgehead atoms. The number of rotatable bonds is 3. The Labute approximate surface area is 76.2 Å². The van der Waals surface area contributed by atoms with E-state index in [1.54, 1.807) is 0 Å². The van der Waals surface area contributed by atoms with Crippen molar-refractivity contribution >= 4 is 43.9 Å². The van der Waals surface area contributed by atoms with Crippen molar-refractivity contribution in [2.45, 2.75) is 3.41 Å². The predicted molar refractivity (Wildman–Crippen MR) is 50.8 cm³/mol. The first kappa shape index (κ1) is 10.3. The van der Waals surface area contributed by atoms with E-state index >= 15 is 0 Å². The van der Waals surface area contributed by atoms with E-state index < -0.39 is 9.38 Å². The molecule has 0 aliphatic carbocycles. The fraction of sp³-hybridized carbons (Fsp3) is 0.400. The second-order valence-electron chi connectivity index (χ2n) is 1.52. The fourth-order valence-electron chi connectivity index (χ4n) is 0.231. The summed E-state index contributed by atoms with van der Waals surface area (Å²) in [6, 6.07) is 0. The molecule has 58 valence electrons. The van der Waals surface area contributed by atoms with Crippen LogP contribution < -0.4 is 0 Å². The molecule has 5 heteroatoms. The second-order valence-corrected chi connectivity index (χ2v) is 4.59. The van der Waals surface area contributed by atoms with Crippen LogP contribution >= 0.6 is 37.9 Å². The van der Waals surface area contributed by atoms with E-state index in [0.29, 0.717) is 0 Å². The van der Waals surface area contributed by atoms with Crippen molar-refractivity contribution in [3.63, 3.8) is 0 Å². The summed E-state index contributed by atoms with van der Waals surface area (Å²) in [6.45, 7) is 3.52. The number of thiol groups is 3. The molecular formula is C5H8O2S3. The first-order valence-corrected chi connectivity index (χ1v) is 3.78. The number of carbonyl (C=O) groups is 1. The van der Waals surface area contributed by atoms with Crippen molar-refractivity contribution in [2.24, 2.45) is 0 Å². The molecule has 0 aromatic rings. The van der Waals surface area contributed by atoms with Crippen molar-refractivity contribution in [1.29, 1.82) is 0 Å². The van der Waals surface area contributed by atoms with Gasteiger partial charge in [-0.2, -0.15) is 0 Å². The average molecular weight is 196 g/mol. The first-order valence-electron chi connectivity index (χ1n) is 2.43. The second kappa shape index (κ2) is 4.20. The van der Waals surface area contributed by atoms with Crippen molar-refractivity contribution < 1.29 is 9.53 Å². The van der Waals surface area contributed by atoms with Gasteiger partial charge in [-0.15, -0.1) is 37.9 Å². The predicted octanol–water partition coefficient (Wildman–Crippen LogP) is 1.16. The maximum absolute atomic E-state index is 10.7. The van der Waals surface area contributed by atoms with Gasteiger partial charge in [-0.1, -0.05) is 12.7 Å². The third-order valence-corrected chi connectivity index (χ3v) is 1.15. The monoisotopic (exact) mass is 196 g/mol. The summed E-state index contributed by atoms with van der Waals surface area (Å²) >= 11 is 11.2. The molecule has 0 aliphatic rings. The van der Waals surface area contributed by atoms with Gasteiger partial charge in [0.2, 0.25) is 0 Å². The topological polar surface area (TPSA) is 26.3 Å². The molecule has 0 saturated carbocycles. The van der Waals surface area contributed by atoms with Crippen LogP contribution in [-0.4, -0.2) is 16.0 Å². The maximum atomic E-state index is 10.7. The van der Waals surface area contributed by atoms with E-state index in [0.717, 1.165) is 0 Å². The van der Waals surface area contributed by atoms with Gasteiger partial charge >= 0.3 is 5.97 Å². The van der Waals surface area contributed by atoms with E-state index in [-0.39, 0.29) is 6.61 Å². The highest BCUT2D eigenvalue weighted by Crippen LogP contribution is 2.25. The third-order valence-electron chi connectivity index (χ3n) is 0.606. The van der Waals surface area contributed by atoms with E-state index in [9.17, 15) is 4.79 Å². The van der Waals surface area contributed by atoms with Crippen LogP contribution in [0.3, 0.4) is 0 Å². The fourth-order valence-corrected chi connectivity index (χ4v) is 0.425. The van der Waals surface area contributed by atoms with Crippen LogP contribution in [0, 0.1) is 0 Å². The van der Waals surface area contributed by atoms with Crippen molar-refractivity contribution in [2.75, 3.05) is 6.61 Å². The molecule has 0 rings (SSSR count). The molecule has 0 unspecified atom stereocenters.